The predicted molar refractivity (Wildman–Crippen MR) is 110 cm³/mol. The molecule has 0 unspecified atom stereocenters. The standard InChI is InChI=1S/C24H25N3O2/c1-15-20-8-7-19-22(17-11-16(14-28)12-25-13-17)26-27-23(19)24(20,10-9-21(15)29)18-5-3-2-4-6-18/h2-6,11-13,15,20,28H,7-10,14H2,1H3,(H,26,27)/t15-,20-,24+/m0/s1. The van der Waals surface area contributed by atoms with Crippen LogP contribution in [0.1, 0.15) is 48.6 Å². The quantitative estimate of drug-likeness (QED) is 0.716. The Kier molecular flexibility index (Phi) is 4.36. The first-order valence-electron chi connectivity index (χ1n) is 10.4. The summed E-state index contributed by atoms with van der Waals surface area (Å²) in [5, 5.41) is 17.6. The van der Waals surface area contributed by atoms with E-state index >= 15 is 0 Å². The Morgan fingerprint density at radius 2 is 2.03 bits per heavy atom. The lowest BCUT2D eigenvalue weighted by atomic mass is 9.53. The molecule has 0 aliphatic heterocycles. The van der Waals surface area contributed by atoms with Crippen molar-refractivity contribution in [2.45, 2.75) is 44.6 Å². The zero-order chi connectivity index (χ0) is 20.0. The summed E-state index contributed by atoms with van der Waals surface area (Å²) in [7, 11) is 0. The normalized spacial score (nSPS) is 26.1. The van der Waals surface area contributed by atoms with Crippen molar-refractivity contribution in [3.05, 3.63) is 71.2 Å². The lowest BCUT2D eigenvalue weighted by Gasteiger charge is -2.49. The number of benzene rings is 1. The average molecular weight is 387 g/mol. The number of nitrogens with zero attached hydrogens (tertiary/aromatic N) is 2. The highest BCUT2D eigenvalue weighted by Crippen LogP contribution is 2.55. The summed E-state index contributed by atoms with van der Waals surface area (Å²) in [6.45, 7) is 2.06. The van der Waals surface area contributed by atoms with Crippen molar-refractivity contribution < 1.29 is 9.90 Å². The van der Waals surface area contributed by atoms with Gasteiger partial charge in [0.25, 0.3) is 0 Å². The van der Waals surface area contributed by atoms with Crippen molar-refractivity contribution in [3.8, 4) is 11.3 Å². The van der Waals surface area contributed by atoms with Crippen molar-refractivity contribution in [2.24, 2.45) is 11.8 Å². The van der Waals surface area contributed by atoms with Crippen LogP contribution in [0.2, 0.25) is 0 Å². The molecule has 1 fully saturated rings. The molecule has 0 bridgehead atoms. The summed E-state index contributed by atoms with van der Waals surface area (Å²) >= 11 is 0. The molecule has 0 spiro atoms. The number of carbonyl (C=O) groups excluding carboxylic acids is 1. The van der Waals surface area contributed by atoms with Crippen LogP contribution in [0.25, 0.3) is 11.3 Å². The molecule has 3 atom stereocenters. The molecule has 2 aromatic heterocycles. The van der Waals surface area contributed by atoms with Gasteiger partial charge < -0.3 is 5.11 Å². The Balaban J connectivity index is 1.70. The maximum Gasteiger partial charge on any atom is 0.136 e. The van der Waals surface area contributed by atoms with Gasteiger partial charge in [0.05, 0.1) is 12.3 Å². The second kappa shape index (κ2) is 6.92. The molecule has 3 aromatic rings. The van der Waals surface area contributed by atoms with Gasteiger partial charge in [-0.1, -0.05) is 37.3 Å². The predicted octanol–water partition coefficient (Wildman–Crippen LogP) is 3.81. The number of hydrogen-bond acceptors (Lipinski definition) is 4. The molecule has 5 nitrogen and oxygen atoms in total. The number of carbonyl (C=O) groups is 1. The van der Waals surface area contributed by atoms with Crippen LogP contribution in [0.4, 0.5) is 0 Å². The van der Waals surface area contributed by atoms with E-state index in [0.29, 0.717) is 12.2 Å². The van der Waals surface area contributed by atoms with Crippen LogP contribution >= 0.6 is 0 Å². The molecule has 0 saturated heterocycles. The second-order valence-electron chi connectivity index (χ2n) is 8.40. The first kappa shape index (κ1) is 18.3. The van der Waals surface area contributed by atoms with Gasteiger partial charge in [-0.05, 0) is 42.4 Å². The van der Waals surface area contributed by atoms with Crippen molar-refractivity contribution in [1.82, 2.24) is 15.2 Å². The molecule has 2 heterocycles. The van der Waals surface area contributed by atoms with Gasteiger partial charge in [-0.15, -0.1) is 0 Å². The minimum absolute atomic E-state index is 0.0386. The lowest BCUT2D eigenvalue weighted by Crippen LogP contribution is -2.49. The molecule has 5 heteroatoms. The van der Waals surface area contributed by atoms with Crippen LogP contribution < -0.4 is 0 Å². The first-order chi connectivity index (χ1) is 14.1. The highest BCUT2D eigenvalue weighted by molar-refractivity contribution is 5.83. The van der Waals surface area contributed by atoms with Gasteiger partial charge >= 0.3 is 0 Å². The minimum atomic E-state index is -0.213. The highest BCUT2D eigenvalue weighted by Gasteiger charge is 2.53. The Labute approximate surface area is 170 Å². The molecular formula is C24H25N3O2. The van der Waals surface area contributed by atoms with Crippen LogP contribution in [0.3, 0.4) is 0 Å². The van der Waals surface area contributed by atoms with E-state index in [0.717, 1.165) is 41.8 Å². The number of nitrogens with one attached hydrogen (secondary N) is 1. The Morgan fingerprint density at radius 3 is 2.83 bits per heavy atom. The van der Waals surface area contributed by atoms with Crippen molar-refractivity contribution >= 4 is 5.78 Å². The number of aliphatic hydroxyl groups is 1. The number of aromatic amines is 1. The molecule has 2 N–H and O–H groups in total. The van der Waals surface area contributed by atoms with Gasteiger partial charge in [0.15, 0.2) is 0 Å². The van der Waals surface area contributed by atoms with Crippen molar-refractivity contribution in [1.29, 1.82) is 0 Å². The Hall–Kier alpha value is -2.79. The number of Topliss-reactive ketones (excluding diaryl/α,β-unsaturated/α-hetero) is 1. The smallest absolute Gasteiger partial charge is 0.136 e. The molecule has 0 amide bonds. The summed E-state index contributed by atoms with van der Waals surface area (Å²) in [6.07, 6.45) is 6.76. The van der Waals surface area contributed by atoms with Crippen LogP contribution in [-0.4, -0.2) is 26.1 Å². The van der Waals surface area contributed by atoms with E-state index in [1.54, 1.807) is 6.20 Å². The third-order valence-electron chi connectivity index (χ3n) is 7.07. The van der Waals surface area contributed by atoms with Gasteiger partial charge in [0.1, 0.15) is 5.78 Å². The number of rotatable bonds is 3. The van der Waals surface area contributed by atoms with E-state index < -0.39 is 0 Å². The average Bonchev–Trinajstić information content (AvgIpc) is 3.22. The monoisotopic (exact) mass is 387 g/mol. The van der Waals surface area contributed by atoms with Crippen LogP contribution in [-0.2, 0) is 23.2 Å². The second-order valence-corrected chi connectivity index (χ2v) is 8.40. The maximum absolute atomic E-state index is 12.6. The number of aliphatic hydroxyl groups excluding tert-OH is 1. The molecular weight excluding hydrogens is 362 g/mol. The first-order valence-corrected chi connectivity index (χ1v) is 10.4. The van der Waals surface area contributed by atoms with E-state index in [2.05, 4.69) is 41.3 Å². The van der Waals surface area contributed by atoms with Gasteiger partial charge in [-0.3, -0.25) is 14.9 Å². The lowest BCUT2D eigenvalue weighted by molar-refractivity contribution is -0.128. The minimum Gasteiger partial charge on any atom is -0.392 e. The zero-order valence-electron chi connectivity index (χ0n) is 16.6. The fourth-order valence-electron chi connectivity index (χ4n) is 5.65. The van der Waals surface area contributed by atoms with Crippen LogP contribution in [0.5, 0.6) is 0 Å². The van der Waals surface area contributed by atoms with E-state index in [9.17, 15) is 9.90 Å². The molecule has 2 aliphatic rings. The van der Waals surface area contributed by atoms with Gasteiger partial charge in [0.2, 0.25) is 0 Å². The fraction of sp³-hybridized carbons (Fsp3) is 0.375. The van der Waals surface area contributed by atoms with E-state index in [-0.39, 0.29) is 23.9 Å². The third kappa shape index (κ3) is 2.68. The summed E-state index contributed by atoms with van der Waals surface area (Å²) in [4.78, 5) is 16.9. The Morgan fingerprint density at radius 1 is 1.21 bits per heavy atom. The summed E-state index contributed by atoms with van der Waals surface area (Å²) < 4.78 is 0. The molecule has 148 valence electrons. The number of ketones is 1. The van der Waals surface area contributed by atoms with E-state index in [4.69, 9.17) is 5.10 Å². The molecule has 29 heavy (non-hydrogen) atoms. The third-order valence-corrected chi connectivity index (χ3v) is 7.07. The van der Waals surface area contributed by atoms with Crippen molar-refractivity contribution in [3.63, 3.8) is 0 Å². The topological polar surface area (TPSA) is 78.9 Å². The molecule has 2 aliphatic carbocycles. The fourth-order valence-corrected chi connectivity index (χ4v) is 5.65. The summed E-state index contributed by atoms with van der Waals surface area (Å²) in [5.41, 5.74) is 6.06. The highest BCUT2D eigenvalue weighted by atomic mass is 16.3. The number of pyridine rings is 1. The van der Waals surface area contributed by atoms with E-state index in [1.807, 2.05) is 18.3 Å². The van der Waals surface area contributed by atoms with Crippen LogP contribution in [0, 0.1) is 11.8 Å². The summed E-state index contributed by atoms with van der Waals surface area (Å²) in [5.74, 6) is 0.696. The molecule has 1 aromatic carbocycles. The van der Waals surface area contributed by atoms with Crippen molar-refractivity contribution in [2.75, 3.05) is 0 Å². The molecule has 5 rings (SSSR count). The largest absolute Gasteiger partial charge is 0.392 e. The molecule has 1 saturated carbocycles. The van der Waals surface area contributed by atoms with Gasteiger partial charge in [0, 0.05) is 47.0 Å². The Bertz CT molecular complexity index is 1060. The number of fused-ring (bicyclic) bond motifs is 3. The number of H-pyrrole nitrogens is 1. The maximum atomic E-state index is 12.6. The zero-order valence-corrected chi connectivity index (χ0v) is 16.6. The van der Waals surface area contributed by atoms with Gasteiger partial charge in [-0.2, -0.15) is 5.10 Å². The SMILES string of the molecule is C[C@@H]1C(=O)CC[C@]2(c3ccccc3)c3[nH]nc(-c4cncc(CO)c4)c3CC[C@@H]12. The number of aromatic nitrogens is 3. The van der Waals surface area contributed by atoms with Crippen LogP contribution in [0.15, 0.2) is 48.8 Å². The molecule has 0 radical (unpaired) electrons. The summed E-state index contributed by atoms with van der Waals surface area (Å²) in [6, 6.07) is 12.6. The number of hydrogen-bond donors (Lipinski definition) is 2. The van der Waals surface area contributed by atoms with Gasteiger partial charge in [-0.25, -0.2) is 0 Å². The van der Waals surface area contributed by atoms with E-state index in [1.165, 1.54) is 11.1 Å².